The molecule has 0 bridgehead atoms. The zero-order chi connectivity index (χ0) is 16.9. The Morgan fingerprint density at radius 3 is 2.25 bits per heavy atom. The number of rotatable bonds is 4. The molecule has 2 aliphatic heterocycles. The number of hydrogen-bond acceptors (Lipinski definition) is 5. The third-order valence-corrected chi connectivity index (χ3v) is 5.41. The summed E-state index contributed by atoms with van der Waals surface area (Å²) in [6.07, 6.45) is 3.27. The van der Waals surface area contributed by atoms with Crippen LogP contribution in [-0.4, -0.2) is 68.4 Å². The molecule has 2 heterocycles. The quantitative estimate of drug-likeness (QED) is 0.789. The Labute approximate surface area is 144 Å². The number of aldehydes is 1. The van der Waals surface area contributed by atoms with Crippen LogP contribution in [0.2, 0.25) is 0 Å². The fourth-order valence-corrected chi connectivity index (χ4v) is 3.78. The van der Waals surface area contributed by atoms with E-state index in [1.54, 1.807) is 0 Å². The summed E-state index contributed by atoms with van der Waals surface area (Å²) in [6, 6.07) is 10.6. The molecule has 24 heavy (non-hydrogen) atoms. The lowest BCUT2D eigenvalue weighted by Crippen LogP contribution is -2.53. The topological polar surface area (TPSA) is 50.6 Å². The van der Waals surface area contributed by atoms with Crippen molar-refractivity contribution in [2.24, 2.45) is 0 Å². The van der Waals surface area contributed by atoms with Crippen LogP contribution >= 0.6 is 0 Å². The molecule has 1 unspecified atom stereocenters. The highest BCUT2D eigenvalue weighted by Gasteiger charge is 2.26. The third kappa shape index (κ3) is 3.77. The molecule has 1 atom stereocenters. The Balaban J connectivity index is 1.55. The number of carbonyl (C=O) groups is 1. The molecular formula is C19H26N4O. The smallest absolute Gasteiger partial charge is 0.141 e. The number of hydrogen-bond donors (Lipinski definition) is 0. The average molecular weight is 326 g/mol. The maximum atomic E-state index is 10.9. The van der Waals surface area contributed by atoms with Crippen molar-refractivity contribution in [2.45, 2.75) is 24.8 Å². The molecule has 5 nitrogen and oxygen atoms in total. The summed E-state index contributed by atoms with van der Waals surface area (Å²) in [5, 5.41) is 8.97. The molecule has 2 fully saturated rings. The molecule has 0 aromatic heterocycles. The van der Waals surface area contributed by atoms with Gasteiger partial charge in [-0.05, 0) is 50.7 Å². The largest absolute Gasteiger partial charge is 0.369 e. The first-order valence-electron chi connectivity index (χ1n) is 8.83. The molecular weight excluding hydrogens is 300 g/mol. The number of anilines is 1. The van der Waals surface area contributed by atoms with E-state index in [1.165, 1.54) is 31.6 Å². The lowest BCUT2D eigenvalue weighted by atomic mass is 10.0. The summed E-state index contributed by atoms with van der Waals surface area (Å²) < 4.78 is 0. The van der Waals surface area contributed by atoms with Crippen LogP contribution in [-0.2, 0) is 4.79 Å². The van der Waals surface area contributed by atoms with Crippen LogP contribution < -0.4 is 4.90 Å². The van der Waals surface area contributed by atoms with E-state index >= 15 is 0 Å². The Morgan fingerprint density at radius 1 is 1.08 bits per heavy atom. The van der Waals surface area contributed by atoms with E-state index in [1.807, 2.05) is 30.3 Å². The van der Waals surface area contributed by atoms with Crippen molar-refractivity contribution in [3.63, 3.8) is 0 Å². The molecule has 0 N–H and O–H groups in total. The summed E-state index contributed by atoms with van der Waals surface area (Å²) in [5.41, 5.74) is 1.96. The summed E-state index contributed by atoms with van der Waals surface area (Å²) in [5.74, 6) is -0.652. The molecule has 2 saturated heterocycles. The van der Waals surface area contributed by atoms with Crippen molar-refractivity contribution in [1.82, 2.24) is 9.80 Å². The standard InChI is InChI=1S/C19H26N4O/c1-21-8-6-19(7-9-21)23-12-10-22(11-13-23)18-4-2-16(3-5-18)17(14-20)15-24/h2-5,15,17,19H,6-13H2,1H3. The number of nitriles is 1. The van der Waals surface area contributed by atoms with E-state index in [4.69, 9.17) is 5.26 Å². The predicted molar refractivity (Wildman–Crippen MR) is 95.2 cm³/mol. The van der Waals surface area contributed by atoms with Crippen molar-refractivity contribution < 1.29 is 4.79 Å². The van der Waals surface area contributed by atoms with Gasteiger partial charge in [0.1, 0.15) is 12.2 Å². The second-order valence-electron chi connectivity index (χ2n) is 6.89. The zero-order valence-corrected chi connectivity index (χ0v) is 14.4. The van der Waals surface area contributed by atoms with Crippen molar-refractivity contribution in [3.05, 3.63) is 29.8 Å². The minimum Gasteiger partial charge on any atom is -0.369 e. The summed E-state index contributed by atoms with van der Waals surface area (Å²) in [4.78, 5) is 18.4. The summed E-state index contributed by atoms with van der Waals surface area (Å²) >= 11 is 0. The van der Waals surface area contributed by atoms with Gasteiger partial charge in [-0.3, -0.25) is 4.90 Å². The second kappa shape index (κ2) is 7.78. The van der Waals surface area contributed by atoms with Gasteiger partial charge >= 0.3 is 0 Å². The average Bonchev–Trinajstić information content (AvgIpc) is 2.64. The van der Waals surface area contributed by atoms with Gasteiger partial charge in [-0.15, -0.1) is 0 Å². The van der Waals surface area contributed by atoms with E-state index < -0.39 is 5.92 Å². The fourth-order valence-electron chi connectivity index (χ4n) is 3.78. The molecule has 5 heteroatoms. The van der Waals surface area contributed by atoms with E-state index in [0.717, 1.165) is 37.8 Å². The second-order valence-corrected chi connectivity index (χ2v) is 6.89. The van der Waals surface area contributed by atoms with Gasteiger partial charge in [-0.1, -0.05) is 12.1 Å². The SMILES string of the molecule is CN1CCC(N2CCN(c3ccc(C(C#N)C=O)cc3)CC2)CC1. The van der Waals surface area contributed by atoms with Crippen LogP contribution in [0.1, 0.15) is 24.3 Å². The maximum Gasteiger partial charge on any atom is 0.141 e. The molecule has 128 valence electrons. The highest BCUT2D eigenvalue weighted by Crippen LogP contribution is 2.23. The van der Waals surface area contributed by atoms with Crippen LogP contribution in [0.25, 0.3) is 0 Å². The van der Waals surface area contributed by atoms with Gasteiger partial charge in [0.15, 0.2) is 0 Å². The van der Waals surface area contributed by atoms with Gasteiger partial charge in [0.2, 0.25) is 0 Å². The van der Waals surface area contributed by atoms with Gasteiger partial charge in [-0.2, -0.15) is 5.26 Å². The van der Waals surface area contributed by atoms with Gasteiger partial charge in [0.25, 0.3) is 0 Å². The van der Waals surface area contributed by atoms with Crippen molar-refractivity contribution in [1.29, 1.82) is 5.26 Å². The van der Waals surface area contributed by atoms with Crippen molar-refractivity contribution in [3.8, 4) is 6.07 Å². The number of likely N-dealkylation sites (tertiary alicyclic amines) is 1. The highest BCUT2D eigenvalue weighted by molar-refractivity contribution is 5.67. The number of piperidine rings is 1. The van der Waals surface area contributed by atoms with Crippen molar-refractivity contribution in [2.75, 3.05) is 51.2 Å². The first-order valence-corrected chi connectivity index (χ1v) is 8.83. The van der Waals surface area contributed by atoms with Crippen molar-refractivity contribution >= 4 is 12.0 Å². The number of carbonyl (C=O) groups excluding carboxylic acids is 1. The van der Waals surface area contributed by atoms with Crippen LogP contribution in [0.15, 0.2) is 24.3 Å². The van der Waals surface area contributed by atoms with E-state index in [-0.39, 0.29) is 0 Å². The third-order valence-electron chi connectivity index (χ3n) is 5.41. The Hall–Kier alpha value is -1.90. The maximum absolute atomic E-state index is 10.9. The fraction of sp³-hybridized carbons (Fsp3) is 0.579. The zero-order valence-electron chi connectivity index (χ0n) is 14.4. The molecule has 0 aliphatic carbocycles. The van der Waals surface area contributed by atoms with E-state index in [9.17, 15) is 4.79 Å². The molecule has 2 aliphatic rings. The highest BCUT2D eigenvalue weighted by atomic mass is 16.1. The Bertz CT molecular complexity index is 578. The van der Waals surface area contributed by atoms with Crippen LogP contribution in [0, 0.1) is 11.3 Å². The molecule has 0 radical (unpaired) electrons. The first-order chi connectivity index (χ1) is 11.7. The van der Waals surface area contributed by atoms with Gasteiger partial charge in [-0.25, -0.2) is 0 Å². The van der Waals surface area contributed by atoms with Crippen LogP contribution in [0.5, 0.6) is 0 Å². The number of nitrogens with zero attached hydrogens (tertiary/aromatic N) is 4. The minimum absolute atomic E-state index is 0.652. The monoisotopic (exact) mass is 326 g/mol. The molecule has 0 saturated carbocycles. The lowest BCUT2D eigenvalue weighted by molar-refractivity contribution is -0.108. The molecule has 1 aromatic rings. The van der Waals surface area contributed by atoms with E-state index in [0.29, 0.717) is 6.29 Å². The first kappa shape index (κ1) is 16.9. The molecule has 0 amide bonds. The Kier molecular flexibility index (Phi) is 5.49. The van der Waals surface area contributed by atoms with Gasteiger partial charge < -0.3 is 14.6 Å². The van der Waals surface area contributed by atoms with Crippen LogP contribution in [0.4, 0.5) is 5.69 Å². The Morgan fingerprint density at radius 2 is 1.71 bits per heavy atom. The number of benzene rings is 1. The van der Waals surface area contributed by atoms with E-state index in [2.05, 4.69) is 21.7 Å². The van der Waals surface area contributed by atoms with Crippen LogP contribution in [0.3, 0.4) is 0 Å². The summed E-state index contributed by atoms with van der Waals surface area (Å²) in [7, 11) is 2.21. The number of piperazine rings is 1. The molecule has 3 rings (SSSR count). The molecule has 1 aromatic carbocycles. The molecule has 0 spiro atoms. The predicted octanol–water partition coefficient (Wildman–Crippen LogP) is 1.71. The van der Waals surface area contributed by atoms with Gasteiger partial charge in [0.05, 0.1) is 6.07 Å². The normalized spacial score (nSPS) is 22.1. The minimum atomic E-state index is -0.652. The summed E-state index contributed by atoms with van der Waals surface area (Å²) in [6.45, 7) is 6.74. The lowest BCUT2D eigenvalue weighted by Gasteiger charge is -2.42. The van der Waals surface area contributed by atoms with Gasteiger partial charge in [0, 0.05) is 37.9 Å².